The van der Waals surface area contributed by atoms with Gasteiger partial charge >= 0.3 is 0 Å². The Bertz CT molecular complexity index is 661. The van der Waals surface area contributed by atoms with Gasteiger partial charge in [0, 0.05) is 36.8 Å². The molecule has 2 N–H and O–H groups in total. The Kier molecular flexibility index (Phi) is 6.41. The van der Waals surface area contributed by atoms with Crippen LogP contribution < -0.4 is 5.32 Å². The van der Waals surface area contributed by atoms with Gasteiger partial charge in [0.25, 0.3) is 0 Å². The maximum atomic E-state index is 7.30. The van der Waals surface area contributed by atoms with E-state index in [9.17, 15) is 0 Å². The molecule has 1 aliphatic carbocycles. The lowest BCUT2D eigenvalue weighted by Crippen LogP contribution is -2.26. The molecule has 0 amide bonds. The molecule has 3 unspecified atom stereocenters. The van der Waals surface area contributed by atoms with E-state index in [1.165, 1.54) is 37.5 Å². The van der Waals surface area contributed by atoms with Crippen molar-refractivity contribution < 1.29 is 0 Å². The molecule has 1 saturated carbocycles. The molecular formula is C20H28ClN5. The Morgan fingerprint density at radius 2 is 1.92 bits per heavy atom. The standard InChI is InChI=1S/C20H28ClN5/c1-13-3-5-18(6-4-13)26-20-24-10-15(11-25-20)7-16-12-23-14(2)19(16)8-17(21)9-22/h8-14,16-18,22H,3-7H2,1-2H3,(H,24,25,26)/b19-8+,22-9?. The monoisotopic (exact) mass is 373 g/mol. The van der Waals surface area contributed by atoms with Crippen molar-refractivity contribution in [1.82, 2.24) is 9.97 Å². The van der Waals surface area contributed by atoms with Crippen LogP contribution in [0.1, 0.15) is 45.1 Å². The van der Waals surface area contributed by atoms with Gasteiger partial charge in [-0.1, -0.05) is 13.0 Å². The minimum atomic E-state index is -0.377. The summed E-state index contributed by atoms with van der Waals surface area (Å²) in [7, 11) is 0. The van der Waals surface area contributed by atoms with E-state index >= 15 is 0 Å². The van der Waals surface area contributed by atoms with Crippen LogP contribution in [0.15, 0.2) is 29.0 Å². The first-order chi connectivity index (χ1) is 12.5. The van der Waals surface area contributed by atoms with Gasteiger partial charge in [0.05, 0.1) is 11.4 Å². The van der Waals surface area contributed by atoms with Gasteiger partial charge in [-0.3, -0.25) is 4.99 Å². The average Bonchev–Trinajstić information content (AvgIpc) is 2.98. The Hall–Kier alpha value is -1.75. The van der Waals surface area contributed by atoms with Crippen LogP contribution in [0, 0.1) is 17.2 Å². The zero-order valence-corrected chi connectivity index (χ0v) is 16.3. The summed E-state index contributed by atoms with van der Waals surface area (Å²) in [6.07, 6.45) is 14.7. The van der Waals surface area contributed by atoms with Gasteiger partial charge in [0.1, 0.15) is 0 Å². The third kappa shape index (κ3) is 4.91. The molecule has 0 radical (unpaired) electrons. The molecule has 1 aromatic rings. The number of anilines is 1. The molecule has 140 valence electrons. The molecule has 0 bridgehead atoms. The second-order valence-electron chi connectivity index (χ2n) is 7.58. The van der Waals surface area contributed by atoms with Gasteiger partial charge in [-0.05, 0) is 56.1 Å². The molecule has 26 heavy (non-hydrogen) atoms. The van der Waals surface area contributed by atoms with Crippen LogP contribution in [-0.2, 0) is 6.42 Å². The molecule has 0 spiro atoms. The molecule has 2 aliphatic rings. The summed E-state index contributed by atoms with van der Waals surface area (Å²) >= 11 is 6.09. The van der Waals surface area contributed by atoms with Crippen LogP contribution in [-0.4, -0.2) is 39.9 Å². The predicted octanol–water partition coefficient (Wildman–Crippen LogP) is 4.28. The quantitative estimate of drug-likeness (QED) is 0.444. The summed E-state index contributed by atoms with van der Waals surface area (Å²) in [6.45, 7) is 4.39. The van der Waals surface area contributed by atoms with Crippen molar-refractivity contribution in [2.24, 2.45) is 16.8 Å². The van der Waals surface area contributed by atoms with E-state index in [1.807, 2.05) is 24.7 Å². The molecule has 2 heterocycles. The zero-order chi connectivity index (χ0) is 18.5. The Morgan fingerprint density at radius 1 is 1.23 bits per heavy atom. The van der Waals surface area contributed by atoms with Crippen molar-refractivity contribution in [2.45, 2.75) is 63.4 Å². The van der Waals surface area contributed by atoms with Crippen LogP contribution in [0.3, 0.4) is 0 Å². The number of aliphatic imine (C=N–C) groups is 1. The van der Waals surface area contributed by atoms with Gasteiger partial charge in [-0.2, -0.15) is 0 Å². The first kappa shape index (κ1) is 19.0. The van der Waals surface area contributed by atoms with Crippen molar-refractivity contribution in [2.75, 3.05) is 5.32 Å². The molecule has 0 saturated heterocycles. The summed E-state index contributed by atoms with van der Waals surface area (Å²) in [4.78, 5) is 13.5. The zero-order valence-electron chi connectivity index (χ0n) is 15.5. The highest BCUT2D eigenvalue weighted by atomic mass is 35.5. The molecule has 1 aliphatic heterocycles. The van der Waals surface area contributed by atoms with Gasteiger partial charge in [-0.25, -0.2) is 9.97 Å². The van der Waals surface area contributed by atoms with Crippen molar-refractivity contribution in [3.63, 3.8) is 0 Å². The number of rotatable bonds is 6. The molecule has 1 aromatic heterocycles. The number of halogens is 1. The van der Waals surface area contributed by atoms with Gasteiger partial charge in [-0.15, -0.1) is 11.6 Å². The summed E-state index contributed by atoms with van der Waals surface area (Å²) < 4.78 is 0. The third-order valence-electron chi connectivity index (χ3n) is 5.42. The van der Waals surface area contributed by atoms with Crippen molar-refractivity contribution in [3.05, 3.63) is 29.6 Å². The minimum Gasteiger partial charge on any atom is -0.351 e. The fraction of sp³-hybridized carbons (Fsp3) is 0.600. The lowest BCUT2D eigenvalue weighted by atomic mass is 9.87. The van der Waals surface area contributed by atoms with Crippen LogP contribution in [0.5, 0.6) is 0 Å². The van der Waals surface area contributed by atoms with Crippen molar-refractivity contribution in [3.8, 4) is 0 Å². The lowest BCUT2D eigenvalue weighted by molar-refractivity contribution is 0.360. The summed E-state index contributed by atoms with van der Waals surface area (Å²) in [6, 6.07) is 0.618. The lowest BCUT2D eigenvalue weighted by Gasteiger charge is -2.26. The molecule has 6 heteroatoms. The third-order valence-corrected chi connectivity index (χ3v) is 5.67. The summed E-state index contributed by atoms with van der Waals surface area (Å²) in [5.41, 5.74) is 2.26. The Morgan fingerprint density at radius 3 is 2.58 bits per heavy atom. The number of allylic oxidation sites excluding steroid dienone is 1. The minimum absolute atomic E-state index is 0.122. The number of hydrogen-bond donors (Lipinski definition) is 2. The summed E-state index contributed by atoms with van der Waals surface area (Å²) in [5, 5.41) is 10.4. The van der Waals surface area contributed by atoms with E-state index in [0.29, 0.717) is 6.04 Å². The van der Waals surface area contributed by atoms with E-state index in [2.05, 4.69) is 34.1 Å². The topological polar surface area (TPSA) is 74.0 Å². The van der Waals surface area contributed by atoms with Crippen LogP contribution >= 0.6 is 11.6 Å². The molecule has 3 atom stereocenters. The highest BCUT2D eigenvalue weighted by molar-refractivity contribution is 6.29. The highest BCUT2D eigenvalue weighted by Crippen LogP contribution is 2.27. The number of aromatic nitrogens is 2. The first-order valence-corrected chi connectivity index (χ1v) is 9.95. The van der Waals surface area contributed by atoms with Gasteiger partial charge in [0.2, 0.25) is 5.95 Å². The summed E-state index contributed by atoms with van der Waals surface area (Å²) in [5.74, 6) is 1.77. The fourth-order valence-corrected chi connectivity index (χ4v) is 3.90. The second kappa shape index (κ2) is 8.76. The first-order valence-electron chi connectivity index (χ1n) is 9.52. The van der Waals surface area contributed by atoms with E-state index in [0.717, 1.165) is 23.9 Å². The average molecular weight is 374 g/mol. The van der Waals surface area contributed by atoms with Crippen molar-refractivity contribution >= 4 is 30.0 Å². The van der Waals surface area contributed by atoms with Crippen LogP contribution in [0.4, 0.5) is 5.95 Å². The van der Waals surface area contributed by atoms with E-state index < -0.39 is 0 Å². The SMILES string of the molecule is CC1CCC(Nc2ncc(CC3C=NC(C)/C3=C\C(Cl)C=N)cn2)CC1. The number of alkyl halides is 1. The van der Waals surface area contributed by atoms with E-state index in [4.69, 9.17) is 17.0 Å². The molecular weight excluding hydrogens is 346 g/mol. The normalized spacial score (nSPS) is 31.1. The molecule has 0 aromatic carbocycles. The highest BCUT2D eigenvalue weighted by Gasteiger charge is 2.24. The van der Waals surface area contributed by atoms with Gasteiger partial charge in [0.15, 0.2) is 0 Å². The Balaban J connectivity index is 1.59. The van der Waals surface area contributed by atoms with Crippen LogP contribution in [0.2, 0.25) is 0 Å². The number of nitrogens with one attached hydrogen (secondary N) is 2. The Labute approximate surface area is 160 Å². The number of nitrogens with zero attached hydrogens (tertiary/aromatic N) is 3. The molecule has 5 nitrogen and oxygen atoms in total. The molecule has 1 fully saturated rings. The second-order valence-corrected chi connectivity index (χ2v) is 8.08. The number of hydrogen-bond acceptors (Lipinski definition) is 5. The predicted molar refractivity (Wildman–Crippen MR) is 109 cm³/mol. The largest absolute Gasteiger partial charge is 0.351 e. The maximum absolute atomic E-state index is 7.30. The van der Waals surface area contributed by atoms with Crippen LogP contribution in [0.25, 0.3) is 0 Å². The van der Waals surface area contributed by atoms with Gasteiger partial charge < -0.3 is 10.7 Å². The van der Waals surface area contributed by atoms with Crippen molar-refractivity contribution in [1.29, 1.82) is 5.41 Å². The van der Waals surface area contributed by atoms with E-state index in [-0.39, 0.29) is 17.3 Å². The maximum Gasteiger partial charge on any atom is 0.222 e. The molecule has 3 rings (SSSR count). The van der Waals surface area contributed by atoms with E-state index in [1.54, 1.807) is 0 Å². The fourth-order valence-electron chi connectivity index (χ4n) is 3.76. The smallest absolute Gasteiger partial charge is 0.222 e.